The Kier molecular flexibility index (Phi) is 3.83. The Bertz CT molecular complexity index is 808. The van der Waals surface area contributed by atoms with Gasteiger partial charge in [0.05, 0.1) is 6.04 Å². The summed E-state index contributed by atoms with van der Waals surface area (Å²) < 4.78 is 1.10. The minimum Gasteiger partial charge on any atom is -0.320 e. The zero-order valence-electron chi connectivity index (χ0n) is 12.2. The highest BCUT2D eigenvalue weighted by atomic mass is 79.9. The molecule has 2 N–H and O–H groups in total. The van der Waals surface area contributed by atoms with Crippen LogP contribution in [0.3, 0.4) is 0 Å². The largest absolute Gasteiger partial charge is 0.320 e. The van der Waals surface area contributed by atoms with Gasteiger partial charge in [0, 0.05) is 4.47 Å². The van der Waals surface area contributed by atoms with Crippen LogP contribution < -0.4 is 5.73 Å². The van der Waals surface area contributed by atoms with Crippen LogP contribution in [0.15, 0.2) is 59.1 Å². The van der Waals surface area contributed by atoms with Crippen LogP contribution in [0.4, 0.5) is 0 Å². The molecule has 1 unspecified atom stereocenters. The molecular weight excluding hydrogens is 322 g/mol. The van der Waals surface area contributed by atoms with E-state index in [-0.39, 0.29) is 6.04 Å². The third-order valence-electron chi connectivity index (χ3n) is 4.07. The summed E-state index contributed by atoms with van der Waals surface area (Å²) >= 11 is 3.59. The molecule has 0 saturated carbocycles. The topological polar surface area (TPSA) is 26.0 Å². The van der Waals surface area contributed by atoms with Crippen molar-refractivity contribution in [1.82, 2.24) is 0 Å². The van der Waals surface area contributed by atoms with Crippen molar-refractivity contribution in [3.8, 4) is 0 Å². The first kappa shape index (κ1) is 14.3. The quantitative estimate of drug-likeness (QED) is 0.676. The molecule has 21 heavy (non-hydrogen) atoms. The lowest BCUT2D eigenvalue weighted by molar-refractivity contribution is 0.878. The van der Waals surface area contributed by atoms with E-state index >= 15 is 0 Å². The van der Waals surface area contributed by atoms with E-state index in [0.29, 0.717) is 0 Å². The summed E-state index contributed by atoms with van der Waals surface area (Å²) in [5.41, 5.74) is 11.3. The van der Waals surface area contributed by atoms with Gasteiger partial charge in [-0.2, -0.15) is 0 Å². The summed E-state index contributed by atoms with van der Waals surface area (Å²) in [6.45, 7) is 4.22. The fourth-order valence-corrected chi connectivity index (χ4v) is 3.12. The van der Waals surface area contributed by atoms with Crippen LogP contribution in [0, 0.1) is 13.8 Å². The zero-order valence-corrected chi connectivity index (χ0v) is 13.8. The summed E-state index contributed by atoms with van der Waals surface area (Å²) in [4.78, 5) is 0. The van der Waals surface area contributed by atoms with Crippen LogP contribution in [0.25, 0.3) is 10.8 Å². The van der Waals surface area contributed by atoms with Crippen LogP contribution in [-0.4, -0.2) is 0 Å². The second kappa shape index (κ2) is 5.63. The van der Waals surface area contributed by atoms with Gasteiger partial charge in [0.25, 0.3) is 0 Å². The number of aryl methyl sites for hydroxylation is 2. The van der Waals surface area contributed by atoms with Gasteiger partial charge >= 0.3 is 0 Å². The smallest absolute Gasteiger partial charge is 0.0558 e. The van der Waals surface area contributed by atoms with Gasteiger partial charge in [-0.3, -0.25) is 0 Å². The Labute approximate surface area is 133 Å². The Hall–Kier alpha value is -1.64. The van der Waals surface area contributed by atoms with Gasteiger partial charge in [0.15, 0.2) is 0 Å². The molecule has 0 bridgehead atoms. The third-order valence-corrected chi connectivity index (χ3v) is 4.92. The molecule has 0 heterocycles. The van der Waals surface area contributed by atoms with Crippen LogP contribution in [0.1, 0.15) is 28.3 Å². The van der Waals surface area contributed by atoms with Gasteiger partial charge in [0.2, 0.25) is 0 Å². The fraction of sp³-hybridized carbons (Fsp3) is 0.158. The lowest BCUT2D eigenvalue weighted by Gasteiger charge is -2.17. The van der Waals surface area contributed by atoms with E-state index in [2.05, 4.69) is 84.4 Å². The van der Waals surface area contributed by atoms with E-state index in [4.69, 9.17) is 5.73 Å². The van der Waals surface area contributed by atoms with E-state index in [1.54, 1.807) is 0 Å². The summed E-state index contributed by atoms with van der Waals surface area (Å²) in [6.07, 6.45) is 0. The molecule has 1 nitrogen and oxygen atoms in total. The van der Waals surface area contributed by atoms with Gasteiger partial charge < -0.3 is 5.73 Å². The second-order valence-electron chi connectivity index (χ2n) is 5.50. The molecule has 3 aromatic carbocycles. The van der Waals surface area contributed by atoms with Gasteiger partial charge in [-0.15, -0.1) is 0 Å². The molecule has 0 fully saturated rings. The number of rotatable bonds is 2. The Morgan fingerprint density at radius 3 is 2.24 bits per heavy atom. The van der Waals surface area contributed by atoms with Crippen molar-refractivity contribution < 1.29 is 0 Å². The van der Waals surface area contributed by atoms with Gasteiger partial charge in [-0.05, 0) is 52.9 Å². The van der Waals surface area contributed by atoms with Crippen LogP contribution >= 0.6 is 15.9 Å². The van der Waals surface area contributed by atoms with Crippen molar-refractivity contribution >= 4 is 26.7 Å². The highest BCUT2D eigenvalue weighted by molar-refractivity contribution is 9.10. The van der Waals surface area contributed by atoms with E-state index in [9.17, 15) is 0 Å². The first-order valence-electron chi connectivity index (χ1n) is 7.08. The van der Waals surface area contributed by atoms with E-state index in [1.807, 2.05) is 0 Å². The third kappa shape index (κ3) is 2.61. The molecule has 0 aliphatic heterocycles. The summed E-state index contributed by atoms with van der Waals surface area (Å²) in [5.74, 6) is 0. The molecule has 0 saturated heterocycles. The SMILES string of the molecule is Cc1ccc(C(N)c2ccc(C)c3ccccc23)cc1Br. The minimum absolute atomic E-state index is 0.118. The molecule has 0 spiro atoms. The lowest BCUT2D eigenvalue weighted by Crippen LogP contribution is -2.12. The van der Waals surface area contributed by atoms with Crippen LogP contribution in [-0.2, 0) is 0 Å². The number of hydrogen-bond donors (Lipinski definition) is 1. The molecule has 1 atom stereocenters. The number of hydrogen-bond acceptors (Lipinski definition) is 1. The number of halogens is 1. The first-order valence-corrected chi connectivity index (χ1v) is 7.87. The number of benzene rings is 3. The molecule has 3 aromatic rings. The van der Waals surface area contributed by atoms with E-state index < -0.39 is 0 Å². The normalized spacial score (nSPS) is 12.6. The van der Waals surface area contributed by atoms with Crippen molar-refractivity contribution in [2.75, 3.05) is 0 Å². The van der Waals surface area contributed by atoms with Crippen LogP contribution in [0.5, 0.6) is 0 Å². The van der Waals surface area contributed by atoms with Crippen molar-refractivity contribution in [2.24, 2.45) is 5.73 Å². The second-order valence-corrected chi connectivity index (χ2v) is 6.36. The highest BCUT2D eigenvalue weighted by Crippen LogP contribution is 2.30. The molecular formula is C19H18BrN. The average molecular weight is 340 g/mol. The molecule has 0 aliphatic carbocycles. The maximum absolute atomic E-state index is 6.53. The maximum Gasteiger partial charge on any atom is 0.0558 e. The molecule has 0 radical (unpaired) electrons. The van der Waals surface area contributed by atoms with Crippen molar-refractivity contribution in [1.29, 1.82) is 0 Å². The number of fused-ring (bicyclic) bond motifs is 1. The Morgan fingerprint density at radius 1 is 0.857 bits per heavy atom. The summed E-state index contributed by atoms with van der Waals surface area (Å²) in [7, 11) is 0. The Morgan fingerprint density at radius 2 is 1.52 bits per heavy atom. The monoisotopic (exact) mass is 339 g/mol. The van der Waals surface area contributed by atoms with Crippen LogP contribution in [0.2, 0.25) is 0 Å². The van der Waals surface area contributed by atoms with E-state index in [1.165, 1.54) is 27.5 Å². The predicted octanol–water partition coefficient (Wildman–Crippen LogP) is 5.27. The fourth-order valence-electron chi connectivity index (χ4n) is 2.73. The summed E-state index contributed by atoms with van der Waals surface area (Å²) in [6, 6.07) is 19.0. The summed E-state index contributed by atoms with van der Waals surface area (Å²) in [5, 5.41) is 2.51. The Balaban J connectivity index is 2.15. The van der Waals surface area contributed by atoms with Crippen molar-refractivity contribution in [3.63, 3.8) is 0 Å². The first-order chi connectivity index (χ1) is 10.1. The average Bonchev–Trinajstić information content (AvgIpc) is 2.50. The maximum atomic E-state index is 6.53. The minimum atomic E-state index is -0.118. The lowest BCUT2D eigenvalue weighted by atomic mass is 9.92. The molecule has 0 amide bonds. The molecule has 2 heteroatoms. The van der Waals surface area contributed by atoms with Crippen molar-refractivity contribution in [3.05, 3.63) is 81.3 Å². The van der Waals surface area contributed by atoms with E-state index in [0.717, 1.165) is 10.0 Å². The van der Waals surface area contributed by atoms with Gasteiger partial charge in [0.1, 0.15) is 0 Å². The molecule has 0 aliphatic rings. The van der Waals surface area contributed by atoms with Gasteiger partial charge in [-0.1, -0.05) is 64.5 Å². The van der Waals surface area contributed by atoms with Crippen molar-refractivity contribution in [2.45, 2.75) is 19.9 Å². The molecule has 0 aromatic heterocycles. The van der Waals surface area contributed by atoms with Gasteiger partial charge in [-0.25, -0.2) is 0 Å². The zero-order chi connectivity index (χ0) is 15.0. The number of nitrogens with two attached hydrogens (primary N) is 1. The molecule has 106 valence electrons. The molecule has 3 rings (SSSR count). The standard InChI is InChI=1S/C19H18BrN/c1-12-8-10-17(16-6-4-3-5-15(12)16)19(21)14-9-7-13(2)18(20)11-14/h3-11,19H,21H2,1-2H3. The highest BCUT2D eigenvalue weighted by Gasteiger charge is 2.13. The predicted molar refractivity (Wildman–Crippen MR) is 93.6 cm³/mol.